The summed E-state index contributed by atoms with van der Waals surface area (Å²) in [6, 6.07) is 6.55. The molecular formula is C19H29FN2O. The monoisotopic (exact) mass is 320 g/mol. The molecule has 23 heavy (non-hydrogen) atoms. The first-order valence-corrected chi connectivity index (χ1v) is 8.44. The molecule has 3 nitrogen and oxygen atoms in total. The zero-order valence-corrected chi connectivity index (χ0v) is 14.8. The number of carbonyl (C=O) groups excluding carboxylic acids is 1. The van der Waals surface area contributed by atoms with Gasteiger partial charge in [0.15, 0.2) is 0 Å². The molecule has 1 saturated carbocycles. The Hall–Kier alpha value is -1.42. The molecule has 1 aliphatic carbocycles. The number of halogens is 1. The highest BCUT2D eigenvalue weighted by atomic mass is 19.1. The van der Waals surface area contributed by atoms with Crippen LogP contribution in [0.5, 0.6) is 0 Å². The van der Waals surface area contributed by atoms with Gasteiger partial charge in [0.2, 0.25) is 5.91 Å². The molecule has 4 heteroatoms. The molecule has 1 N–H and O–H groups in total. The predicted molar refractivity (Wildman–Crippen MR) is 91.9 cm³/mol. The summed E-state index contributed by atoms with van der Waals surface area (Å²) in [4.78, 5) is 15.1. The Labute approximate surface area is 139 Å². The molecule has 0 aliphatic heterocycles. The Morgan fingerprint density at radius 2 is 1.96 bits per heavy atom. The van der Waals surface area contributed by atoms with Gasteiger partial charge in [0.25, 0.3) is 0 Å². The number of rotatable bonds is 6. The lowest BCUT2D eigenvalue weighted by Gasteiger charge is -2.33. The first-order chi connectivity index (χ1) is 10.8. The van der Waals surface area contributed by atoms with Gasteiger partial charge in [0, 0.05) is 13.1 Å². The van der Waals surface area contributed by atoms with Crippen molar-refractivity contribution in [3.63, 3.8) is 0 Å². The summed E-state index contributed by atoms with van der Waals surface area (Å²) in [7, 11) is 4.07. The van der Waals surface area contributed by atoms with E-state index < -0.39 is 5.41 Å². The predicted octanol–water partition coefficient (Wildman–Crippen LogP) is 3.34. The summed E-state index contributed by atoms with van der Waals surface area (Å²) < 4.78 is 13.6. The van der Waals surface area contributed by atoms with Crippen LogP contribution in [-0.2, 0) is 10.2 Å². The standard InChI is InChI=1S/C19H29FN2O/c1-18(2,14-22(3)4)13-21-17(23)19(10-5-6-11-19)15-8-7-9-16(20)12-15/h7-9,12H,5-6,10-11,13-14H2,1-4H3,(H,21,23). The van der Waals surface area contributed by atoms with Crippen LogP contribution < -0.4 is 5.32 Å². The molecule has 1 aromatic carbocycles. The second-order valence-corrected chi connectivity index (χ2v) is 7.88. The van der Waals surface area contributed by atoms with Gasteiger partial charge in [0.1, 0.15) is 5.82 Å². The van der Waals surface area contributed by atoms with Crippen LogP contribution in [0.1, 0.15) is 45.1 Å². The third kappa shape index (κ3) is 4.31. The van der Waals surface area contributed by atoms with Gasteiger partial charge in [-0.15, -0.1) is 0 Å². The fraction of sp³-hybridized carbons (Fsp3) is 0.632. The van der Waals surface area contributed by atoms with Crippen molar-refractivity contribution in [2.24, 2.45) is 5.41 Å². The minimum absolute atomic E-state index is 0.000885. The Balaban J connectivity index is 2.14. The van der Waals surface area contributed by atoms with Crippen molar-refractivity contribution in [3.05, 3.63) is 35.6 Å². The lowest BCUT2D eigenvalue weighted by molar-refractivity contribution is -0.127. The summed E-state index contributed by atoms with van der Waals surface area (Å²) in [5.74, 6) is -0.220. The highest BCUT2D eigenvalue weighted by molar-refractivity contribution is 5.88. The summed E-state index contributed by atoms with van der Waals surface area (Å²) >= 11 is 0. The first-order valence-electron chi connectivity index (χ1n) is 8.44. The SMILES string of the molecule is CN(C)CC(C)(C)CNC(=O)C1(c2cccc(F)c2)CCCC1. The van der Waals surface area contributed by atoms with Gasteiger partial charge < -0.3 is 10.2 Å². The highest BCUT2D eigenvalue weighted by Gasteiger charge is 2.43. The molecular weight excluding hydrogens is 291 g/mol. The zero-order valence-electron chi connectivity index (χ0n) is 14.8. The van der Waals surface area contributed by atoms with E-state index in [2.05, 4.69) is 24.1 Å². The smallest absolute Gasteiger partial charge is 0.230 e. The van der Waals surface area contributed by atoms with E-state index >= 15 is 0 Å². The largest absolute Gasteiger partial charge is 0.355 e. The van der Waals surface area contributed by atoms with Crippen molar-refractivity contribution in [1.82, 2.24) is 10.2 Å². The molecule has 1 fully saturated rings. The second kappa shape index (κ2) is 7.00. The maximum Gasteiger partial charge on any atom is 0.230 e. The van der Waals surface area contributed by atoms with E-state index in [4.69, 9.17) is 0 Å². The van der Waals surface area contributed by atoms with Crippen LogP contribution in [0, 0.1) is 11.2 Å². The summed E-state index contributed by atoms with van der Waals surface area (Å²) in [6.07, 6.45) is 3.64. The van der Waals surface area contributed by atoms with Crippen molar-refractivity contribution >= 4 is 5.91 Å². The van der Waals surface area contributed by atoms with E-state index in [1.165, 1.54) is 12.1 Å². The quantitative estimate of drug-likeness (QED) is 0.872. The van der Waals surface area contributed by atoms with E-state index in [9.17, 15) is 9.18 Å². The average Bonchev–Trinajstić information content (AvgIpc) is 2.94. The number of nitrogens with one attached hydrogen (secondary N) is 1. The van der Waals surface area contributed by atoms with Gasteiger partial charge in [-0.2, -0.15) is 0 Å². The fourth-order valence-electron chi connectivity index (χ4n) is 3.81. The molecule has 1 aromatic rings. The van der Waals surface area contributed by atoms with Gasteiger partial charge in [-0.3, -0.25) is 4.79 Å². The number of carbonyl (C=O) groups is 1. The minimum atomic E-state index is -0.559. The topological polar surface area (TPSA) is 32.3 Å². The van der Waals surface area contributed by atoms with Crippen LogP contribution in [-0.4, -0.2) is 38.0 Å². The summed E-state index contributed by atoms with van der Waals surface area (Å²) in [5.41, 5.74) is 0.259. The third-order valence-electron chi connectivity index (χ3n) is 4.74. The summed E-state index contributed by atoms with van der Waals surface area (Å²) in [6.45, 7) is 5.83. The molecule has 0 heterocycles. The number of amides is 1. The average molecular weight is 320 g/mol. The summed E-state index contributed by atoms with van der Waals surface area (Å²) in [5, 5.41) is 3.14. The Kier molecular flexibility index (Phi) is 5.45. The maximum atomic E-state index is 13.6. The molecule has 0 radical (unpaired) electrons. The third-order valence-corrected chi connectivity index (χ3v) is 4.74. The normalized spacial score (nSPS) is 17.5. The van der Waals surface area contributed by atoms with Crippen molar-refractivity contribution < 1.29 is 9.18 Å². The van der Waals surface area contributed by atoms with Crippen molar-refractivity contribution in [1.29, 1.82) is 0 Å². The van der Waals surface area contributed by atoms with Gasteiger partial charge in [-0.05, 0) is 50.0 Å². The first kappa shape index (κ1) is 17.9. The number of hydrogen-bond donors (Lipinski definition) is 1. The van der Waals surface area contributed by atoms with Crippen LogP contribution in [0.25, 0.3) is 0 Å². The van der Waals surface area contributed by atoms with E-state index in [1.54, 1.807) is 6.07 Å². The van der Waals surface area contributed by atoms with Crippen molar-refractivity contribution in [3.8, 4) is 0 Å². The molecule has 2 rings (SSSR count). The molecule has 0 unspecified atom stereocenters. The van der Waals surface area contributed by atoms with E-state index in [0.717, 1.165) is 37.8 Å². The van der Waals surface area contributed by atoms with Crippen LogP contribution >= 0.6 is 0 Å². The minimum Gasteiger partial charge on any atom is -0.355 e. The lowest BCUT2D eigenvalue weighted by Crippen LogP contribution is -2.47. The van der Waals surface area contributed by atoms with Crippen LogP contribution in [0.15, 0.2) is 24.3 Å². The molecule has 1 amide bonds. The molecule has 0 aromatic heterocycles. The second-order valence-electron chi connectivity index (χ2n) is 7.88. The van der Waals surface area contributed by atoms with Gasteiger partial charge in [-0.25, -0.2) is 4.39 Å². The molecule has 0 spiro atoms. The Morgan fingerprint density at radius 1 is 1.30 bits per heavy atom. The highest BCUT2D eigenvalue weighted by Crippen LogP contribution is 2.41. The van der Waals surface area contributed by atoms with Crippen molar-refractivity contribution in [2.45, 2.75) is 44.9 Å². The molecule has 0 saturated heterocycles. The van der Waals surface area contributed by atoms with Gasteiger partial charge in [-0.1, -0.05) is 38.8 Å². The molecule has 128 valence electrons. The van der Waals surface area contributed by atoms with Gasteiger partial charge in [0.05, 0.1) is 5.41 Å². The fourth-order valence-corrected chi connectivity index (χ4v) is 3.81. The van der Waals surface area contributed by atoms with Gasteiger partial charge >= 0.3 is 0 Å². The van der Waals surface area contributed by atoms with Crippen LogP contribution in [0.2, 0.25) is 0 Å². The number of benzene rings is 1. The molecule has 0 bridgehead atoms. The van der Waals surface area contributed by atoms with Crippen LogP contribution in [0.4, 0.5) is 4.39 Å². The van der Waals surface area contributed by atoms with Crippen LogP contribution in [0.3, 0.4) is 0 Å². The molecule has 1 aliphatic rings. The van der Waals surface area contributed by atoms with Crippen molar-refractivity contribution in [2.75, 3.05) is 27.2 Å². The maximum absolute atomic E-state index is 13.6. The number of nitrogens with zero attached hydrogens (tertiary/aromatic N) is 1. The lowest BCUT2D eigenvalue weighted by atomic mass is 9.77. The zero-order chi connectivity index (χ0) is 17.1. The molecule has 0 atom stereocenters. The van der Waals surface area contributed by atoms with E-state index in [0.29, 0.717) is 6.54 Å². The Morgan fingerprint density at radius 3 is 2.52 bits per heavy atom. The number of hydrogen-bond acceptors (Lipinski definition) is 2. The Bertz CT molecular complexity index is 548. The van der Waals surface area contributed by atoms with E-state index in [-0.39, 0.29) is 17.1 Å². The van der Waals surface area contributed by atoms with E-state index in [1.807, 2.05) is 20.2 Å².